The molecule has 3 rings (SSSR count). The Hall–Kier alpha value is -2.31. The highest BCUT2D eigenvalue weighted by molar-refractivity contribution is 7.98. The van der Waals surface area contributed by atoms with E-state index in [1.54, 1.807) is 12.1 Å². The van der Waals surface area contributed by atoms with E-state index in [4.69, 9.17) is 16.0 Å². The third-order valence-corrected chi connectivity index (χ3v) is 4.38. The number of hydrogen-bond acceptors (Lipinski definition) is 5. The van der Waals surface area contributed by atoms with Gasteiger partial charge in [0.15, 0.2) is 0 Å². The molecule has 1 amide bonds. The molecule has 0 atom stereocenters. The molecule has 2 aromatic carbocycles. The van der Waals surface area contributed by atoms with Crippen molar-refractivity contribution < 1.29 is 9.21 Å². The summed E-state index contributed by atoms with van der Waals surface area (Å²) in [6.45, 7) is 1.46. The number of hydrogen-bond donors (Lipinski definition) is 1. The molecular weight excluding hydrogens is 346 g/mol. The SMILES string of the molecule is CC(=O)Nc1cccc(-c2nnc(SCc3ccccc3Cl)o2)c1. The second-order valence-corrected chi connectivity index (χ2v) is 6.35. The van der Waals surface area contributed by atoms with Crippen molar-refractivity contribution in [2.45, 2.75) is 17.9 Å². The van der Waals surface area contributed by atoms with Crippen LogP contribution in [0.5, 0.6) is 0 Å². The number of nitrogens with one attached hydrogen (secondary N) is 1. The molecule has 0 bridgehead atoms. The van der Waals surface area contributed by atoms with Gasteiger partial charge in [-0.05, 0) is 29.8 Å². The van der Waals surface area contributed by atoms with E-state index in [-0.39, 0.29) is 5.91 Å². The molecule has 0 aliphatic rings. The Morgan fingerprint density at radius 1 is 1.21 bits per heavy atom. The summed E-state index contributed by atoms with van der Waals surface area (Å²) in [5.41, 5.74) is 2.44. The van der Waals surface area contributed by atoms with Crippen LogP contribution in [-0.2, 0) is 10.5 Å². The van der Waals surface area contributed by atoms with Gasteiger partial charge in [0.05, 0.1) is 0 Å². The van der Waals surface area contributed by atoms with Crippen LogP contribution in [0, 0.1) is 0 Å². The molecule has 24 heavy (non-hydrogen) atoms. The van der Waals surface area contributed by atoms with Crippen LogP contribution in [0.4, 0.5) is 5.69 Å². The number of carbonyl (C=O) groups excluding carboxylic acids is 1. The molecule has 0 unspecified atom stereocenters. The van der Waals surface area contributed by atoms with Gasteiger partial charge < -0.3 is 9.73 Å². The molecule has 122 valence electrons. The minimum Gasteiger partial charge on any atom is -0.411 e. The Morgan fingerprint density at radius 2 is 2.04 bits per heavy atom. The quantitative estimate of drug-likeness (QED) is 0.672. The first-order valence-electron chi connectivity index (χ1n) is 7.19. The fourth-order valence-corrected chi connectivity index (χ4v) is 3.12. The second-order valence-electron chi connectivity index (χ2n) is 5.02. The molecule has 0 aliphatic heterocycles. The maximum atomic E-state index is 11.1. The number of thioether (sulfide) groups is 1. The fourth-order valence-electron chi connectivity index (χ4n) is 2.07. The zero-order valence-corrected chi connectivity index (χ0v) is 14.4. The molecule has 0 fully saturated rings. The summed E-state index contributed by atoms with van der Waals surface area (Å²) >= 11 is 7.56. The molecule has 0 spiro atoms. The Kier molecular flexibility index (Phi) is 5.17. The largest absolute Gasteiger partial charge is 0.411 e. The van der Waals surface area contributed by atoms with E-state index < -0.39 is 0 Å². The van der Waals surface area contributed by atoms with E-state index in [1.165, 1.54) is 18.7 Å². The minimum atomic E-state index is -0.131. The zero-order chi connectivity index (χ0) is 16.9. The van der Waals surface area contributed by atoms with Crippen LogP contribution >= 0.6 is 23.4 Å². The van der Waals surface area contributed by atoms with Crippen molar-refractivity contribution in [2.75, 3.05) is 5.32 Å². The lowest BCUT2D eigenvalue weighted by Gasteiger charge is -2.02. The number of rotatable bonds is 5. The molecule has 1 aromatic heterocycles. The number of anilines is 1. The van der Waals surface area contributed by atoms with Gasteiger partial charge in [-0.2, -0.15) is 0 Å². The number of benzene rings is 2. The molecule has 0 saturated carbocycles. The molecule has 0 radical (unpaired) electrons. The van der Waals surface area contributed by atoms with E-state index in [0.29, 0.717) is 27.6 Å². The maximum absolute atomic E-state index is 11.1. The second kappa shape index (κ2) is 7.51. The molecule has 7 heteroatoms. The van der Waals surface area contributed by atoms with Gasteiger partial charge in [-0.3, -0.25) is 4.79 Å². The first-order chi connectivity index (χ1) is 11.6. The van der Waals surface area contributed by atoms with Gasteiger partial charge in [-0.15, -0.1) is 10.2 Å². The Bertz CT molecular complexity index is 866. The molecule has 3 aromatic rings. The van der Waals surface area contributed by atoms with Crippen LogP contribution in [0.1, 0.15) is 12.5 Å². The number of aromatic nitrogens is 2. The van der Waals surface area contributed by atoms with Crippen molar-refractivity contribution in [3.63, 3.8) is 0 Å². The van der Waals surface area contributed by atoms with Crippen molar-refractivity contribution in [1.29, 1.82) is 0 Å². The van der Waals surface area contributed by atoms with Gasteiger partial charge >= 0.3 is 0 Å². The number of halogens is 1. The first-order valence-corrected chi connectivity index (χ1v) is 8.56. The highest BCUT2D eigenvalue weighted by Crippen LogP contribution is 2.28. The van der Waals surface area contributed by atoms with Crippen LogP contribution in [0.15, 0.2) is 58.2 Å². The lowest BCUT2D eigenvalue weighted by molar-refractivity contribution is -0.114. The van der Waals surface area contributed by atoms with E-state index in [0.717, 1.165) is 11.1 Å². The van der Waals surface area contributed by atoms with E-state index >= 15 is 0 Å². The predicted octanol–water partition coefficient (Wildman–Crippen LogP) is 4.64. The number of nitrogens with zero attached hydrogens (tertiary/aromatic N) is 2. The summed E-state index contributed by atoms with van der Waals surface area (Å²) in [7, 11) is 0. The normalized spacial score (nSPS) is 10.6. The maximum Gasteiger partial charge on any atom is 0.277 e. The number of carbonyl (C=O) groups is 1. The van der Waals surface area contributed by atoms with Crippen molar-refractivity contribution in [1.82, 2.24) is 10.2 Å². The zero-order valence-electron chi connectivity index (χ0n) is 12.8. The third-order valence-electron chi connectivity index (χ3n) is 3.15. The van der Waals surface area contributed by atoms with Gasteiger partial charge in [0.1, 0.15) is 0 Å². The average Bonchev–Trinajstić information content (AvgIpc) is 3.03. The predicted molar refractivity (Wildman–Crippen MR) is 95.1 cm³/mol. The van der Waals surface area contributed by atoms with Crippen molar-refractivity contribution in [3.05, 3.63) is 59.1 Å². The van der Waals surface area contributed by atoms with Crippen LogP contribution in [0.2, 0.25) is 5.02 Å². The molecule has 1 N–H and O–H groups in total. The van der Waals surface area contributed by atoms with Crippen LogP contribution in [-0.4, -0.2) is 16.1 Å². The van der Waals surface area contributed by atoms with Gasteiger partial charge in [-0.1, -0.05) is 47.6 Å². The molecular formula is C17H14ClN3O2S. The summed E-state index contributed by atoms with van der Waals surface area (Å²) in [5, 5.41) is 12.0. The highest BCUT2D eigenvalue weighted by atomic mass is 35.5. The van der Waals surface area contributed by atoms with Gasteiger partial charge in [0.25, 0.3) is 5.22 Å². The Morgan fingerprint density at radius 3 is 2.83 bits per heavy atom. The standard InChI is InChI=1S/C17H14ClN3O2S/c1-11(22)19-14-7-4-6-12(9-14)16-20-21-17(23-16)24-10-13-5-2-3-8-15(13)18/h2-9H,10H2,1H3,(H,19,22). The Labute approximate surface area is 148 Å². The van der Waals surface area contributed by atoms with Gasteiger partial charge in [0, 0.05) is 29.0 Å². The minimum absolute atomic E-state index is 0.131. The smallest absolute Gasteiger partial charge is 0.277 e. The summed E-state index contributed by atoms with van der Waals surface area (Å²) in [4.78, 5) is 11.1. The molecule has 0 saturated heterocycles. The number of amides is 1. The van der Waals surface area contributed by atoms with E-state index in [9.17, 15) is 4.79 Å². The lowest BCUT2D eigenvalue weighted by Crippen LogP contribution is -2.05. The van der Waals surface area contributed by atoms with Crippen molar-refractivity contribution >= 4 is 35.0 Å². The summed E-state index contributed by atoms with van der Waals surface area (Å²) in [6.07, 6.45) is 0. The van der Waals surface area contributed by atoms with Crippen molar-refractivity contribution in [3.8, 4) is 11.5 Å². The van der Waals surface area contributed by atoms with E-state index in [1.807, 2.05) is 36.4 Å². The van der Waals surface area contributed by atoms with E-state index in [2.05, 4.69) is 15.5 Å². The summed E-state index contributed by atoms with van der Waals surface area (Å²) in [6, 6.07) is 14.9. The monoisotopic (exact) mass is 359 g/mol. The van der Waals surface area contributed by atoms with Crippen molar-refractivity contribution in [2.24, 2.45) is 0 Å². The molecule has 5 nitrogen and oxygen atoms in total. The van der Waals surface area contributed by atoms with Crippen LogP contribution in [0.3, 0.4) is 0 Å². The van der Waals surface area contributed by atoms with Crippen LogP contribution in [0.25, 0.3) is 11.5 Å². The molecule has 0 aliphatic carbocycles. The third kappa shape index (κ3) is 4.15. The lowest BCUT2D eigenvalue weighted by atomic mass is 10.2. The van der Waals surface area contributed by atoms with Crippen LogP contribution < -0.4 is 5.32 Å². The van der Waals surface area contributed by atoms with Gasteiger partial charge in [-0.25, -0.2) is 0 Å². The fraction of sp³-hybridized carbons (Fsp3) is 0.118. The first kappa shape index (κ1) is 16.5. The topological polar surface area (TPSA) is 68.0 Å². The Balaban J connectivity index is 1.71. The molecule has 1 heterocycles. The van der Waals surface area contributed by atoms with Gasteiger partial charge in [0.2, 0.25) is 11.8 Å². The summed E-state index contributed by atoms with van der Waals surface area (Å²) < 4.78 is 5.68. The highest BCUT2D eigenvalue weighted by Gasteiger charge is 2.11. The summed E-state index contributed by atoms with van der Waals surface area (Å²) in [5.74, 6) is 0.922. The average molecular weight is 360 g/mol.